The minimum atomic E-state index is -0.262. The maximum atomic E-state index is 12.6. The van der Waals surface area contributed by atoms with Crippen LogP contribution in [0.5, 0.6) is 0 Å². The van der Waals surface area contributed by atoms with Crippen molar-refractivity contribution in [2.45, 2.75) is 44.9 Å². The molecule has 4 rings (SSSR count). The molecule has 1 fully saturated rings. The Morgan fingerprint density at radius 2 is 1.84 bits per heavy atom. The molecule has 1 atom stereocenters. The van der Waals surface area contributed by atoms with Crippen LogP contribution in [0.15, 0.2) is 36.7 Å². The number of aromatic nitrogens is 2. The van der Waals surface area contributed by atoms with E-state index >= 15 is 0 Å². The van der Waals surface area contributed by atoms with Gasteiger partial charge in [-0.3, -0.25) is 14.5 Å². The van der Waals surface area contributed by atoms with Crippen LogP contribution >= 0.6 is 0 Å². The fourth-order valence-electron chi connectivity index (χ4n) is 4.35. The number of carbonyl (C=O) groups is 2. The van der Waals surface area contributed by atoms with Crippen molar-refractivity contribution >= 4 is 17.6 Å². The van der Waals surface area contributed by atoms with E-state index in [1.807, 2.05) is 4.90 Å². The van der Waals surface area contributed by atoms with E-state index in [1.165, 1.54) is 17.5 Å². The number of hydrogen-bond acceptors (Lipinski definition) is 7. The zero-order chi connectivity index (χ0) is 22.5. The number of fused-ring (bicyclic) bond motifs is 1. The Morgan fingerprint density at radius 3 is 2.50 bits per heavy atom. The highest BCUT2D eigenvalue weighted by Crippen LogP contribution is 2.22. The first-order chi connectivity index (χ1) is 15.5. The minimum Gasteiger partial charge on any atom is -0.367 e. The van der Waals surface area contributed by atoms with Crippen LogP contribution in [0.1, 0.15) is 41.4 Å². The van der Waals surface area contributed by atoms with Gasteiger partial charge in [-0.15, -0.1) is 0 Å². The molecule has 4 N–H and O–H groups in total. The van der Waals surface area contributed by atoms with Gasteiger partial charge in [-0.2, -0.15) is 0 Å². The summed E-state index contributed by atoms with van der Waals surface area (Å²) in [4.78, 5) is 36.5. The van der Waals surface area contributed by atoms with E-state index in [2.05, 4.69) is 49.8 Å². The van der Waals surface area contributed by atoms with Crippen LogP contribution in [0.3, 0.4) is 0 Å². The monoisotopic (exact) mass is 437 g/mol. The normalized spacial score (nSPS) is 17.6. The van der Waals surface area contributed by atoms with Crippen molar-refractivity contribution < 1.29 is 9.59 Å². The molecule has 0 radical (unpaired) electrons. The van der Waals surface area contributed by atoms with Crippen molar-refractivity contribution in [3.05, 3.63) is 53.5 Å². The average Bonchev–Trinajstić information content (AvgIpc) is 3.20. The topological polar surface area (TPSA) is 116 Å². The molecule has 1 aromatic heterocycles. The lowest BCUT2D eigenvalue weighted by atomic mass is 10.1. The molecule has 1 unspecified atom stereocenters. The SMILES string of the molecule is CC(=O)N1CCC(Nc2cc(C(=O)NCC(N)CN3Cc4ccccc4C3)ncn2)CC1. The van der Waals surface area contributed by atoms with Gasteiger partial charge in [0.25, 0.3) is 5.91 Å². The second-order valence-electron chi connectivity index (χ2n) is 8.62. The van der Waals surface area contributed by atoms with Gasteiger partial charge in [0.1, 0.15) is 17.8 Å². The lowest BCUT2D eigenvalue weighted by Crippen LogP contribution is -2.44. The summed E-state index contributed by atoms with van der Waals surface area (Å²) < 4.78 is 0. The van der Waals surface area contributed by atoms with Gasteiger partial charge in [0.2, 0.25) is 5.91 Å². The van der Waals surface area contributed by atoms with Crippen LogP contribution in [0.25, 0.3) is 0 Å². The molecule has 3 heterocycles. The zero-order valence-corrected chi connectivity index (χ0v) is 18.5. The van der Waals surface area contributed by atoms with Gasteiger partial charge in [0.15, 0.2) is 0 Å². The molecule has 1 aromatic carbocycles. The maximum absolute atomic E-state index is 12.6. The number of benzene rings is 1. The molecule has 2 aromatic rings. The molecule has 170 valence electrons. The molecule has 0 saturated carbocycles. The first kappa shape index (κ1) is 22.2. The standard InChI is InChI=1S/C23H31N7O2/c1-16(31)30-8-6-20(7-9-30)28-22-10-21(26-15-27-22)23(32)25-11-19(24)14-29-12-17-4-2-3-5-18(17)13-29/h2-5,10,15,19-20H,6-9,11-14,24H2,1H3,(H,25,32)(H,26,27,28). The molecular weight excluding hydrogens is 406 g/mol. The summed E-state index contributed by atoms with van der Waals surface area (Å²) in [7, 11) is 0. The number of nitrogens with zero attached hydrogens (tertiary/aromatic N) is 4. The molecule has 2 aliphatic rings. The number of rotatable bonds is 7. The van der Waals surface area contributed by atoms with Gasteiger partial charge in [-0.1, -0.05) is 24.3 Å². The van der Waals surface area contributed by atoms with E-state index in [0.717, 1.165) is 39.0 Å². The number of nitrogens with one attached hydrogen (secondary N) is 2. The van der Waals surface area contributed by atoms with Crippen molar-refractivity contribution in [3.8, 4) is 0 Å². The lowest BCUT2D eigenvalue weighted by Gasteiger charge is -2.31. The van der Waals surface area contributed by atoms with Crippen molar-refractivity contribution in [1.29, 1.82) is 0 Å². The predicted octanol–water partition coefficient (Wildman–Crippen LogP) is 0.972. The third-order valence-corrected chi connectivity index (χ3v) is 6.12. The largest absolute Gasteiger partial charge is 0.367 e. The summed E-state index contributed by atoms with van der Waals surface area (Å²) in [6.45, 7) is 5.93. The molecule has 0 aliphatic carbocycles. The summed E-state index contributed by atoms with van der Waals surface area (Å²) in [6, 6.07) is 10.1. The van der Waals surface area contributed by atoms with Crippen LogP contribution in [0, 0.1) is 0 Å². The Hall–Kier alpha value is -3.04. The molecule has 9 nitrogen and oxygen atoms in total. The number of piperidine rings is 1. The van der Waals surface area contributed by atoms with Crippen LogP contribution in [-0.2, 0) is 17.9 Å². The summed E-state index contributed by atoms with van der Waals surface area (Å²) in [5.74, 6) is 0.462. The molecule has 2 aliphatic heterocycles. The molecule has 32 heavy (non-hydrogen) atoms. The van der Waals surface area contributed by atoms with Crippen molar-refractivity contribution in [3.63, 3.8) is 0 Å². The van der Waals surface area contributed by atoms with E-state index in [4.69, 9.17) is 5.73 Å². The third kappa shape index (κ3) is 5.60. The highest BCUT2D eigenvalue weighted by molar-refractivity contribution is 5.92. The Bertz CT molecular complexity index is 934. The summed E-state index contributed by atoms with van der Waals surface area (Å²) in [6.07, 6.45) is 3.09. The summed E-state index contributed by atoms with van der Waals surface area (Å²) in [5, 5.41) is 6.25. The summed E-state index contributed by atoms with van der Waals surface area (Å²) in [5.41, 5.74) is 9.27. The Labute approximate surface area is 188 Å². The molecular formula is C23H31N7O2. The number of carbonyl (C=O) groups excluding carboxylic acids is 2. The minimum absolute atomic E-state index is 0.108. The molecule has 1 saturated heterocycles. The smallest absolute Gasteiger partial charge is 0.270 e. The molecule has 0 spiro atoms. The highest BCUT2D eigenvalue weighted by atomic mass is 16.2. The third-order valence-electron chi connectivity index (χ3n) is 6.12. The van der Waals surface area contributed by atoms with E-state index < -0.39 is 0 Å². The zero-order valence-electron chi connectivity index (χ0n) is 18.5. The van der Waals surface area contributed by atoms with E-state index in [-0.39, 0.29) is 23.9 Å². The number of likely N-dealkylation sites (tertiary alicyclic amines) is 1. The van der Waals surface area contributed by atoms with Crippen molar-refractivity contribution in [1.82, 2.24) is 25.1 Å². The number of hydrogen-bond donors (Lipinski definition) is 3. The maximum Gasteiger partial charge on any atom is 0.270 e. The average molecular weight is 438 g/mol. The Balaban J connectivity index is 1.23. The van der Waals surface area contributed by atoms with E-state index in [0.29, 0.717) is 24.6 Å². The fraction of sp³-hybridized carbons (Fsp3) is 0.478. The van der Waals surface area contributed by atoms with Crippen molar-refractivity contribution in [2.75, 3.05) is 31.5 Å². The van der Waals surface area contributed by atoms with Crippen LogP contribution in [0.2, 0.25) is 0 Å². The Morgan fingerprint density at radius 1 is 1.16 bits per heavy atom. The first-order valence-corrected chi connectivity index (χ1v) is 11.1. The van der Waals surface area contributed by atoms with Gasteiger partial charge < -0.3 is 21.3 Å². The van der Waals surface area contributed by atoms with Gasteiger partial charge >= 0.3 is 0 Å². The lowest BCUT2D eigenvalue weighted by molar-refractivity contribution is -0.129. The molecule has 0 bridgehead atoms. The highest BCUT2D eigenvalue weighted by Gasteiger charge is 2.22. The molecule has 9 heteroatoms. The second kappa shape index (κ2) is 10.1. The number of anilines is 1. The number of nitrogens with two attached hydrogens (primary N) is 1. The van der Waals surface area contributed by atoms with E-state index in [9.17, 15) is 9.59 Å². The van der Waals surface area contributed by atoms with E-state index in [1.54, 1.807) is 13.0 Å². The quantitative estimate of drug-likeness (QED) is 0.591. The molecule has 2 amide bonds. The van der Waals surface area contributed by atoms with Crippen molar-refractivity contribution in [2.24, 2.45) is 5.73 Å². The van der Waals surface area contributed by atoms with Crippen LogP contribution in [-0.4, -0.2) is 69.8 Å². The predicted molar refractivity (Wildman–Crippen MR) is 122 cm³/mol. The Kier molecular flexibility index (Phi) is 6.96. The van der Waals surface area contributed by atoms with Gasteiger partial charge in [0, 0.05) is 64.3 Å². The first-order valence-electron chi connectivity index (χ1n) is 11.1. The van der Waals surface area contributed by atoms with Gasteiger partial charge in [0.05, 0.1) is 0 Å². The second-order valence-corrected chi connectivity index (χ2v) is 8.62. The number of amides is 2. The van der Waals surface area contributed by atoms with Crippen LogP contribution in [0.4, 0.5) is 5.82 Å². The van der Waals surface area contributed by atoms with Gasteiger partial charge in [-0.25, -0.2) is 9.97 Å². The summed E-state index contributed by atoms with van der Waals surface area (Å²) >= 11 is 0. The van der Waals surface area contributed by atoms with Gasteiger partial charge in [-0.05, 0) is 24.0 Å². The fourth-order valence-corrected chi connectivity index (χ4v) is 4.35. The van der Waals surface area contributed by atoms with Crippen LogP contribution < -0.4 is 16.4 Å².